The second kappa shape index (κ2) is 7.99. The molecule has 1 rings (SSSR count). The summed E-state index contributed by atoms with van der Waals surface area (Å²) in [5.74, 6) is 0.199. The van der Waals surface area contributed by atoms with Gasteiger partial charge in [0.25, 0.3) is 5.91 Å². The quantitative estimate of drug-likeness (QED) is 0.747. The van der Waals surface area contributed by atoms with Crippen LogP contribution in [0.1, 0.15) is 18.6 Å². The summed E-state index contributed by atoms with van der Waals surface area (Å²) in [4.78, 5) is 11.5. The average molecular weight is 288 g/mol. The molecule has 0 spiro atoms. The summed E-state index contributed by atoms with van der Waals surface area (Å²) in [5.41, 5.74) is 0.553. The molecule has 5 nitrogen and oxygen atoms in total. The van der Waals surface area contributed by atoms with Crippen molar-refractivity contribution in [3.05, 3.63) is 28.8 Å². The SMILES string of the molecule is COCCNC(=O)COc1ccc(Cl)cc1C(C)O. The molecular formula is C13H18ClNO4. The number of halogens is 1. The number of carbonyl (C=O) groups is 1. The minimum absolute atomic E-state index is 0.120. The minimum atomic E-state index is -0.717. The monoisotopic (exact) mass is 287 g/mol. The fourth-order valence-electron chi connectivity index (χ4n) is 1.46. The van der Waals surface area contributed by atoms with Gasteiger partial charge in [0.1, 0.15) is 5.75 Å². The van der Waals surface area contributed by atoms with E-state index in [1.54, 1.807) is 32.2 Å². The maximum absolute atomic E-state index is 11.5. The molecule has 1 atom stereocenters. The molecular weight excluding hydrogens is 270 g/mol. The van der Waals surface area contributed by atoms with Crippen LogP contribution in [0.2, 0.25) is 5.02 Å². The zero-order valence-corrected chi connectivity index (χ0v) is 11.7. The normalized spacial score (nSPS) is 12.0. The average Bonchev–Trinajstić information content (AvgIpc) is 2.37. The lowest BCUT2D eigenvalue weighted by Gasteiger charge is -2.13. The topological polar surface area (TPSA) is 67.8 Å². The van der Waals surface area contributed by atoms with Gasteiger partial charge in [-0.05, 0) is 25.1 Å². The van der Waals surface area contributed by atoms with Crippen LogP contribution in [0.25, 0.3) is 0 Å². The number of aliphatic hydroxyl groups is 1. The third kappa shape index (κ3) is 5.46. The lowest BCUT2D eigenvalue weighted by atomic mass is 10.1. The predicted molar refractivity (Wildman–Crippen MR) is 72.5 cm³/mol. The lowest BCUT2D eigenvalue weighted by Crippen LogP contribution is -2.31. The van der Waals surface area contributed by atoms with Gasteiger partial charge in [0, 0.05) is 24.2 Å². The number of methoxy groups -OCH3 is 1. The van der Waals surface area contributed by atoms with Crippen LogP contribution in [0.15, 0.2) is 18.2 Å². The molecule has 0 saturated carbocycles. The number of hydrogen-bond acceptors (Lipinski definition) is 4. The summed E-state index contributed by atoms with van der Waals surface area (Å²) in [6.45, 7) is 2.37. The number of benzene rings is 1. The fraction of sp³-hybridized carbons (Fsp3) is 0.462. The standard InChI is InChI=1S/C13H18ClNO4/c1-9(16)11-7-10(14)3-4-12(11)19-8-13(17)15-5-6-18-2/h3-4,7,9,16H,5-6,8H2,1-2H3,(H,15,17). The molecule has 0 aliphatic carbocycles. The van der Waals surface area contributed by atoms with Gasteiger partial charge in [-0.15, -0.1) is 0 Å². The second-order valence-corrected chi connectivity index (χ2v) is 4.43. The highest BCUT2D eigenvalue weighted by atomic mass is 35.5. The molecule has 106 valence electrons. The molecule has 0 heterocycles. The number of ether oxygens (including phenoxy) is 2. The van der Waals surface area contributed by atoms with E-state index in [0.29, 0.717) is 29.5 Å². The van der Waals surface area contributed by atoms with Crippen LogP contribution in [0.5, 0.6) is 5.75 Å². The van der Waals surface area contributed by atoms with Gasteiger partial charge in [-0.25, -0.2) is 0 Å². The van der Waals surface area contributed by atoms with E-state index in [1.807, 2.05) is 0 Å². The Hall–Kier alpha value is -1.30. The van der Waals surface area contributed by atoms with E-state index in [1.165, 1.54) is 0 Å². The van der Waals surface area contributed by atoms with Crippen LogP contribution in [-0.4, -0.2) is 37.9 Å². The fourth-order valence-corrected chi connectivity index (χ4v) is 1.64. The third-order valence-corrected chi connectivity index (χ3v) is 2.64. The summed E-state index contributed by atoms with van der Waals surface area (Å²) < 4.78 is 10.2. The van der Waals surface area contributed by atoms with Crippen LogP contribution >= 0.6 is 11.6 Å². The van der Waals surface area contributed by atoms with Gasteiger partial charge in [0.15, 0.2) is 6.61 Å². The van der Waals surface area contributed by atoms with E-state index in [0.717, 1.165) is 0 Å². The van der Waals surface area contributed by atoms with Crippen LogP contribution in [0.3, 0.4) is 0 Å². The van der Waals surface area contributed by atoms with E-state index in [-0.39, 0.29) is 12.5 Å². The Morgan fingerprint density at radius 2 is 2.26 bits per heavy atom. The molecule has 0 aliphatic heterocycles. The van der Waals surface area contributed by atoms with Crippen molar-refractivity contribution >= 4 is 17.5 Å². The summed E-state index contributed by atoms with van der Waals surface area (Å²) in [5, 5.41) is 12.8. The Morgan fingerprint density at radius 1 is 1.53 bits per heavy atom. The third-order valence-electron chi connectivity index (χ3n) is 2.41. The van der Waals surface area contributed by atoms with Gasteiger partial charge in [-0.2, -0.15) is 0 Å². The Labute approximate surface area is 117 Å². The lowest BCUT2D eigenvalue weighted by molar-refractivity contribution is -0.123. The Balaban J connectivity index is 2.55. The Morgan fingerprint density at radius 3 is 2.89 bits per heavy atom. The molecule has 1 unspecified atom stereocenters. The largest absolute Gasteiger partial charge is 0.483 e. The van der Waals surface area contributed by atoms with Crippen molar-refractivity contribution in [1.29, 1.82) is 0 Å². The second-order valence-electron chi connectivity index (χ2n) is 3.99. The van der Waals surface area contributed by atoms with Gasteiger partial charge in [-0.1, -0.05) is 11.6 Å². The Kier molecular flexibility index (Phi) is 6.62. The van der Waals surface area contributed by atoms with Gasteiger partial charge in [0.05, 0.1) is 12.7 Å². The summed E-state index contributed by atoms with van der Waals surface area (Å²) in [7, 11) is 1.56. The first-order chi connectivity index (χ1) is 9.04. The summed E-state index contributed by atoms with van der Waals surface area (Å²) in [6, 6.07) is 4.89. The van der Waals surface area contributed by atoms with Crippen molar-refractivity contribution < 1.29 is 19.4 Å². The molecule has 1 aromatic carbocycles. The molecule has 0 bridgehead atoms. The van der Waals surface area contributed by atoms with E-state index in [9.17, 15) is 9.90 Å². The Bertz CT molecular complexity index is 423. The van der Waals surface area contributed by atoms with E-state index < -0.39 is 6.10 Å². The van der Waals surface area contributed by atoms with E-state index in [4.69, 9.17) is 21.1 Å². The smallest absolute Gasteiger partial charge is 0.258 e. The number of amides is 1. The van der Waals surface area contributed by atoms with Crippen LogP contribution in [0, 0.1) is 0 Å². The van der Waals surface area contributed by atoms with Gasteiger partial charge in [-0.3, -0.25) is 4.79 Å². The number of rotatable bonds is 7. The van der Waals surface area contributed by atoms with Crippen LogP contribution < -0.4 is 10.1 Å². The maximum atomic E-state index is 11.5. The predicted octanol–water partition coefficient (Wildman–Crippen LogP) is 1.53. The van der Waals surface area contributed by atoms with E-state index in [2.05, 4.69) is 5.32 Å². The highest BCUT2D eigenvalue weighted by Crippen LogP contribution is 2.28. The van der Waals surface area contributed by atoms with Crippen LogP contribution in [-0.2, 0) is 9.53 Å². The first-order valence-electron chi connectivity index (χ1n) is 5.90. The molecule has 0 saturated heterocycles. The molecule has 1 aromatic rings. The van der Waals surface area contributed by atoms with Crippen molar-refractivity contribution in [1.82, 2.24) is 5.32 Å². The van der Waals surface area contributed by atoms with Crippen molar-refractivity contribution in [2.24, 2.45) is 0 Å². The molecule has 0 fully saturated rings. The van der Waals surface area contributed by atoms with E-state index >= 15 is 0 Å². The highest BCUT2D eigenvalue weighted by molar-refractivity contribution is 6.30. The molecule has 19 heavy (non-hydrogen) atoms. The number of hydrogen-bond donors (Lipinski definition) is 2. The molecule has 2 N–H and O–H groups in total. The highest BCUT2D eigenvalue weighted by Gasteiger charge is 2.11. The maximum Gasteiger partial charge on any atom is 0.258 e. The zero-order valence-electron chi connectivity index (χ0n) is 11.0. The number of nitrogens with one attached hydrogen (secondary N) is 1. The molecule has 0 aliphatic rings. The molecule has 0 aromatic heterocycles. The molecule has 6 heteroatoms. The van der Waals surface area contributed by atoms with Crippen molar-refractivity contribution in [2.75, 3.05) is 26.9 Å². The minimum Gasteiger partial charge on any atom is -0.483 e. The van der Waals surface area contributed by atoms with Gasteiger partial charge >= 0.3 is 0 Å². The summed E-state index contributed by atoms with van der Waals surface area (Å²) >= 11 is 5.85. The van der Waals surface area contributed by atoms with Gasteiger partial charge < -0.3 is 19.9 Å². The number of aliphatic hydroxyl groups excluding tert-OH is 1. The van der Waals surface area contributed by atoms with Crippen molar-refractivity contribution in [3.8, 4) is 5.75 Å². The summed E-state index contributed by atoms with van der Waals surface area (Å²) in [6.07, 6.45) is -0.717. The first-order valence-corrected chi connectivity index (χ1v) is 6.28. The number of carbonyl (C=O) groups excluding carboxylic acids is 1. The first kappa shape index (κ1) is 15.8. The van der Waals surface area contributed by atoms with Gasteiger partial charge in [0.2, 0.25) is 0 Å². The molecule has 0 radical (unpaired) electrons. The van der Waals surface area contributed by atoms with Crippen molar-refractivity contribution in [3.63, 3.8) is 0 Å². The van der Waals surface area contributed by atoms with Crippen molar-refractivity contribution in [2.45, 2.75) is 13.0 Å². The molecule has 1 amide bonds. The van der Waals surface area contributed by atoms with Crippen LogP contribution in [0.4, 0.5) is 0 Å². The zero-order chi connectivity index (χ0) is 14.3.